The Hall–Kier alpha value is -6.71. The average Bonchev–Trinajstić information content (AvgIpc) is 3.28. The van der Waals surface area contributed by atoms with Gasteiger partial charge in [-0.15, -0.1) is 0 Å². The molecule has 0 amide bonds. The smallest absolute Gasteiger partial charge is 0.164 e. The summed E-state index contributed by atoms with van der Waals surface area (Å²) in [5, 5.41) is 4.99. The summed E-state index contributed by atoms with van der Waals surface area (Å²) in [5.74, 6) is 1.93. The molecule has 0 N–H and O–H groups in total. The standard InChI is InChI=1S/C55H45N3/c1-54(2)31-32-55(3,4)50-35-40(29-30-49(50)54)39-18-14-19-42(33-39)52-56-51(57-53(58-52)47-24-13-10-20-43(47)36-15-6-5-7-16-36)38-27-25-37(26-28-38)48-34-41-17-8-9-21-44(41)45-22-11-12-23-46(45)48/h5-30,33-35H,31-32H2,1-4H3. The molecule has 0 unspecified atom stereocenters. The molecule has 0 atom stereocenters. The second-order valence-corrected chi connectivity index (χ2v) is 17.1. The molecule has 58 heavy (non-hydrogen) atoms. The quantitative estimate of drug-likeness (QED) is 0.159. The molecule has 1 aliphatic rings. The second-order valence-electron chi connectivity index (χ2n) is 17.1. The molecule has 1 heterocycles. The van der Waals surface area contributed by atoms with Crippen molar-refractivity contribution in [3.05, 3.63) is 187 Å². The van der Waals surface area contributed by atoms with Crippen molar-refractivity contribution < 1.29 is 0 Å². The minimum atomic E-state index is 0.125. The minimum absolute atomic E-state index is 0.125. The fourth-order valence-electron chi connectivity index (χ4n) is 9.00. The maximum absolute atomic E-state index is 5.24. The lowest BCUT2D eigenvalue weighted by Gasteiger charge is -2.42. The van der Waals surface area contributed by atoms with Crippen LogP contribution in [0.3, 0.4) is 0 Å². The van der Waals surface area contributed by atoms with Crippen LogP contribution in [-0.4, -0.2) is 15.0 Å². The van der Waals surface area contributed by atoms with Gasteiger partial charge >= 0.3 is 0 Å². The molecule has 1 aliphatic carbocycles. The number of nitrogens with zero attached hydrogens (tertiary/aromatic N) is 3. The highest BCUT2D eigenvalue weighted by molar-refractivity contribution is 6.13. The highest BCUT2D eigenvalue weighted by Gasteiger charge is 2.37. The monoisotopic (exact) mass is 747 g/mol. The van der Waals surface area contributed by atoms with Gasteiger partial charge in [-0.25, -0.2) is 15.0 Å². The summed E-state index contributed by atoms with van der Waals surface area (Å²) >= 11 is 0. The van der Waals surface area contributed by atoms with Crippen molar-refractivity contribution in [2.45, 2.75) is 51.4 Å². The van der Waals surface area contributed by atoms with Crippen LogP contribution in [0.15, 0.2) is 176 Å². The van der Waals surface area contributed by atoms with E-state index < -0.39 is 0 Å². The zero-order chi connectivity index (χ0) is 39.4. The molecular formula is C55H45N3. The van der Waals surface area contributed by atoms with Gasteiger partial charge in [0.1, 0.15) is 0 Å². The molecule has 8 aromatic carbocycles. The normalized spacial score (nSPS) is 14.3. The lowest BCUT2D eigenvalue weighted by atomic mass is 9.63. The van der Waals surface area contributed by atoms with E-state index in [1.807, 2.05) is 6.07 Å². The van der Waals surface area contributed by atoms with Crippen LogP contribution in [0.2, 0.25) is 0 Å². The molecule has 0 saturated carbocycles. The van der Waals surface area contributed by atoms with Crippen LogP contribution < -0.4 is 0 Å². The van der Waals surface area contributed by atoms with E-state index in [1.165, 1.54) is 56.6 Å². The fourth-order valence-corrected chi connectivity index (χ4v) is 9.00. The highest BCUT2D eigenvalue weighted by atomic mass is 15.0. The van der Waals surface area contributed by atoms with Gasteiger partial charge in [-0.1, -0.05) is 191 Å². The molecule has 0 spiro atoms. The van der Waals surface area contributed by atoms with Gasteiger partial charge in [0.2, 0.25) is 0 Å². The van der Waals surface area contributed by atoms with Crippen molar-refractivity contribution in [3.8, 4) is 67.5 Å². The van der Waals surface area contributed by atoms with Gasteiger partial charge in [0.25, 0.3) is 0 Å². The van der Waals surface area contributed by atoms with Gasteiger partial charge in [-0.05, 0) is 102 Å². The van der Waals surface area contributed by atoms with Crippen LogP contribution in [0.1, 0.15) is 51.7 Å². The summed E-state index contributed by atoms with van der Waals surface area (Å²) in [6.45, 7) is 9.54. The molecule has 9 aromatic rings. The molecule has 0 radical (unpaired) electrons. The number of benzene rings is 8. The zero-order valence-corrected chi connectivity index (χ0v) is 33.5. The van der Waals surface area contributed by atoms with E-state index in [-0.39, 0.29) is 10.8 Å². The van der Waals surface area contributed by atoms with Crippen molar-refractivity contribution in [1.82, 2.24) is 15.0 Å². The Morgan fingerprint density at radius 1 is 0.328 bits per heavy atom. The Labute approximate surface area is 341 Å². The summed E-state index contributed by atoms with van der Waals surface area (Å²) in [6, 6.07) is 63.0. The van der Waals surface area contributed by atoms with Crippen molar-refractivity contribution in [3.63, 3.8) is 0 Å². The van der Waals surface area contributed by atoms with E-state index in [1.54, 1.807) is 0 Å². The molecule has 0 fully saturated rings. The third kappa shape index (κ3) is 6.37. The van der Waals surface area contributed by atoms with Crippen molar-refractivity contribution in [2.75, 3.05) is 0 Å². The van der Waals surface area contributed by atoms with Crippen LogP contribution in [0.5, 0.6) is 0 Å². The Kier molecular flexibility index (Phi) is 8.64. The summed E-state index contributed by atoms with van der Waals surface area (Å²) in [6.07, 6.45) is 2.37. The van der Waals surface area contributed by atoms with Crippen LogP contribution >= 0.6 is 0 Å². The third-order valence-electron chi connectivity index (χ3n) is 12.4. The minimum Gasteiger partial charge on any atom is -0.208 e. The Balaban J connectivity index is 1.10. The van der Waals surface area contributed by atoms with Crippen LogP contribution in [0.25, 0.3) is 89.1 Å². The van der Waals surface area contributed by atoms with E-state index in [0.29, 0.717) is 17.5 Å². The number of fused-ring (bicyclic) bond motifs is 4. The molecule has 3 heteroatoms. The number of hydrogen-bond donors (Lipinski definition) is 0. The van der Waals surface area contributed by atoms with Gasteiger partial charge in [0, 0.05) is 16.7 Å². The topological polar surface area (TPSA) is 38.7 Å². The molecule has 3 nitrogen and oxygen atoms in total. The van der Waals surface area contributed by atoms with Crippen molar-refractivity contribution >= 4 is 21.5 Å². The summed E-state index contributed by atoms with van der Waals surface area (Å²) < 4.78 is 0. The number of aromatic nitrogens is 3. The lowest BCUT2D eigenvalue weighted by Crippen LogP contribution is -2.33. The first-order valence-electron chi connectivity index (χ1n) is 20.4. The van der Waals surface area contributed by atoms with Crippen LogP contribution in [0.4, 0.5) is 0 Å². The first-order valence-corrected chi connectivity index (χ1v) is 20.4. The molecule has 0 bridgehead atoms. The number of hydrogen-bond acceptors (Lipinski definition) is 3. The maximum Gasteiger partial charge on any atom is 0.164 e. The number of rotatable bonds is 6. The predicted molar refractivity (Wildman–Crippen MR) is 243 cm³/mol. The summed E-state index contributed by atoms with van der Waals surface area (Å²) in [5.41, 5.74) is 13.0. The first-order chi connectivity index (χ1) is 28.2. The molecule has 10 rings (SSSR count). The van der Waals surface area contributed by atoms with Gasteiger partial charge in [-0.3, -0.25) is 0 Å². The van der Waals surface area contributed by atoms with E-state index >= 15 is 0 Å². The molecule has 1 aromatic heterocycles. The van der Waals surface area contributed by atoms with Gasteiger partial charge in [0.05, 0.1) is 0 Å². The molecule has 0 saturated heterocycles. The highest BCUT2D eigenvalue weighted by Crippen LogP contribution is 2.47. The van der Waals surface area contributed by atoms with E-state index in [9.17, 15) is 0 Å². The van der Waals surface area contributed by atoms with E-state index in [0.717, 1.165) is 38.9 Å². The molecule has 0 aliphatic heterocycles. The molecule has 280 valence electrons. The maximum atomic E-state index is 5.24. The van der Waals surface area contributed by atoms with Gasteiger partial charge < -0.3 is 0 Å². The largest absolute Gasteiger partial charge is 0.208 e. The Morgan fingerprint density at radius 2 is 0.845 bits per heavy atom. The van der Waals surface area contributed by atoms with E-state index in [4.69, 9.17) is 15.0 Å². The van der Waals surface area contributed by atoms with Gasteiger partial charge in [0.15, 0.2) is 17.5 Å². The van der Waals surface area contributed by atoms with Crippen molar-refractivity contribution in [2.24, 2.45) is 0 Å². The second kappa shape index (κ2) is 14.0. The first kappa shape index (κ1) is 35.7. The Bertz CT molecular complexity index is 2990. The van der Waals surface area contributed by atoms with E-state index in [2.05, 4.69) is 198 Å². The third-order valence-corrected chi connectivity index (χ3v) is 12.4. The van der Waals surface area contributed by atoms with Crippen LogP contribution in [0, 0.1) is 0 Å². The fraction of sp³-hybridized carbons (Fsp3) is 0.145. The summed E-state index contributed by atoms with van der Waals surface area (Å²) in [7, 11) is 0. The summed E-state index contributed by atoms with van der Waals surface area (Å²) in [4.78, 5) is 15.7. The molecular weight excluding hydrogens is 703 g/mol. The van der Waals surface area contributed by atoms with Crippen LogP contribution in [-0.2, 0) is 10.8 Å². The zero-order valence-electron chi connectivity index (χ0n) is 33.5. The lowest BCUT2D eigenvalue weighted by molar-refractivity contribution is 0.332. The Morgan fingerprint density at radius 3 is 1.62 bits per heavy atom. The predicted octanol–water partition coefficient (Wildman–Crippen LogP) is 14.5. The van der Waals surface area contributed by atoms with Crippen molar-refractivity contribution in [1.29, 1.82) is 0 Å². The SMILES string of the molecule is CC1(C)CCC(C)(C)c2cc(-c3cccc(-c4nc(-c5ccc(-c6cc7ccccc7c7ccccc67)cc5)nc(-c5ccccc5-c5ccccc5)n4)c3)ccc21. The average molecular weight is 748 g/mol. The van der Waals surface area contributed by atoms with Gasteiger partial charge in [-0.2, -0.15) is 0 Å².